The van der Waals surface area contributed by atoms with E-state index in [4.69, 9.17) is 0 Å². The minimum Gasteiger partial charge on any atom is -0.325 e. The zero-order valence-electron chi connectivity index (χ0n) is 10.5. The Kier molecular flexibility index (Phi) is 2.50. The highest BCUT2D eigenvalue weighted by Gasteiger charge is 2.20. The molecule has 2 aromatic rings. The average molecular weight is 226 g/mol. The van der Waals surface area contributed by atoms with E-state index in [-0.39, 0.29) is 0 Å². The fraction of sp³-hybridized carbons (Fsp3) is 0.400. The van der Waals surface area contributed by atoms with Gasteiger partial charge in [-0.15, -0.1) is 0 Å². The standard InChI is InChI=1S/C15H18N2/c1-11-6-8-13(9-7-11)15-16-10-14-5-3-4-12(2)17(14)15/h6-10,12H,3-5H2,1-2H3. The minimum atomic E-state index is 0.581. The summed E-state index contributed by atoms with van der Waals surface area (Å²) >= 11 is 0. The first-order chi connectivity index (χ1) is 8.25. The molecule has 1 aliphatic heterocycles. The lowest BCUT2D eigenvalue weighted by Gasteiger charge is -2.24. The van der Waals surface area contributed by atoms with Gasteiger partial charge >= 0.3 is 0 Å². The van der Waals surface area contributed by atoms with E-state index < -0.39 is 0 Å². The Balaban J connectivity index is 2.09. The van der Waals surface area contributed by atoms with Crippen LogP contribution in [0, 0.1) is 6.92 Å². The number of hydrogen-bond acceptors (Lipinski definition) is 1. The molecule has 0 radical (unpaired) electrons. The van der Waals surface area contributed by atoms with Crippen molar-refractivity contribution in [2.24, 2.45) is 0 Å². The number of aromatic nitrogens is 2. The Morgan fingerprint density at radius 3 is 2.76 bits per heavy atom. The SMILES string of the molecule is Cc1ccc(-c2ncc3n2C(C)CCC3)cc1. The van der Waals surface area contributed by atoms with Gasteiger partial charge in [0.15, 0.2) is 0 Å². The largest absolute Gasteiger partial charge is 0.325 e. The van der Waals surface area contributed by atoms with Crippen molar-refractivity contribution in [3.05, 3.63) is 41.7 Å². The number of aryl methyl sites for hydroxylation is 2. The summed E-state index contributed by atoms with van der Waals surface area (Å²) in [6.07, 6.45) is 5.77. The van der Waals surface area contributed by atoms with Gasteiger partial charge in [-0.05, 0) is 33.1 Å². The van der Waals surface area contributed by atoms with Gasteiger partial charge < -0.3 is 4.57 Å². The zero-order valence-corrected chi connectivity index (χ0v) is 10.5. The smallest absolute Gasteiger partial charge is 0.140 e. The molecule has 0 saturated heterocycles. The lowest BCUT2D eigenvalue weighted by atomic mass is 10.0. The second-order valence-corrected chi connectivity index (χ2v) is 5.05. The third kappa shape index (κ3) is 1.78. The Morgan fingerprint density at radius 1 is 1.24 bits per heavy atom. The quantitative estimate of drug-likeness (QED) is 0.724. The maximum Gasteiger partial charge on any atom is 0.140 e. The highest BCUT2D eigenvalue weighted by molar-refractivity contribution is 5.57. The summed E-state index contributed by atoms with van der Waals surface area (Å²) in [5.41, 5.74) is 3.92. The first-order valence-electron chi connectivity index (χ1n) is 6.39. The van der Waals surface area contributed by atoms with E-state index in [0.717, 1.165) is 5.82 Å². The molecule has 2 heterocycles. The van der Waals surface area contributed by atoms with Crippen molar-refractivity contribution in [1.29, 1.82) is 0 Å². The molecule has 1 aromatic heterocycles. The first-order valence-corrected chi connectivity index (χ1v) is 6.39. The number of nitrogens with zero attached hydrogens (tertiary/aromatic N) is 2. The molecule has 1 unspecified atom stereocenters. The molecule has 17 heavy (non-hydrogen) atoms. The molecule has 88 valence electrons. The molecule has 0 amide bonds. The molecule has 2 heteroatoms. The van der Waals surface area contributed by atoms with Gasteiger partial charge in [0.2, 0.25) is 0 Å². The Bertz CT molecular complexity index is 522. The van der Waals surface area contributed by atoms with Gasteiger partial charge in [0, 0.05) is 23.5 Å². The van der Waals surface area contributed by atoms with Crippen molar-refractivity contribution in [1.82, 2.24) is 9.55 Å². The van der Waals surface area contributed by atoms with Gasteiger partial charge in [-0.25, -0.2) is 4.98 Å². The van der Waals surface area contributed by atoms with Crippen LogP contribution in [0.15, 0.2) is 30.5 Å². The lowest BCUT2D eigenvalue weighted by Crippen LogP contribution is -2.15. The first kappa shape index (κ1) is 10.6. The van der Waals surface area contributed by atoms with Crippen molar-refractivity contribution in [3.63, 3.8) is 0 Å². The number of hydrogen-bond donors (Lipinski definition) is 0. The van der Waals surface area contributed by atoms with E-state index in [9.17, 15) is 0 Å². The van der Waals surface area contributed by atoms with Crippen molar-refractivity contribution in [2.45, 2.75) is 39.2 Å². The summed E-state index contributed by atoms with van der Waals surface area (Å²) in [4.78, 5) is 4.61. The second-order valence-electron chi connectivity index (χ2n) is 5.05. The van der Waals surface area contributed by atoms with E-state index in [1.54, 1.807) is 0 Å². The summed E-state index contributed by atoms with van der Waals surface area (Å²) in [7, 11) is 0. The fourth-order valence-electron chi connectivity index (χ4n) is 2.70. The lowest BCUT2D eigenvalue weighted by molar-refractivity contribution is 0.436. The predicted molar refractivity (Wildman–Crippen MR) is 70.0 cm³/mol. The molecule has 0 aliphatic carbocycles. The van der Waals surface area contributed by atoms with Gasteiger partial charge in [-0.1, -0.05) is 29.8 Å². The van der Waals surface area contributed by atoms with Crippen molar-refractivity contribution < 1.29 is 0 Å². The molecule has 0 N–H and O–H groups in total. The van der Waals surface area contributed by atoms with Crippen molar-refractivity contribution in [3.8, 4) is 11.4 Å². The van der Waals surface area contributed by atoms with Gasteiger partial charge in [-0.2, -0.15) is 0 Å². The van der Waals surface area contributed by atoms with Gasteiger partial charge in [0.05, 0.1) is 0 Å². The number of rotatable bonds is 1. The average Bonchev–Trinajstić information content (AvgIpc) is 2.75. The van der Waals surface area contributed by atoms with Crippen LogP contribution in [0.2, 0.25) is 0 Å². The number of benzene rings is 1. The summed E-state index contributed by atoms with van der Waals surface area (Å²) in [5, 5.41) is 0. The molecule has 1 aliphatic rings. The van der Waals surface area contributed by atoms with Crippen LogP contribution in [0.25, 0.3) is 11.4 Å². The summed E-state index contributed by atoms with van der Waals surface area (Å²) in [6.45, 7) is 4.41. The van der Waals surface area contributed by atoms with Crippen LogP contribution in [-0.4, -0.2) is 9.55 Å². The Hall–Kier alpha value is -1.57. The molecule has 3 rings (SSSR count). The van der Waals surface area contributed by atoms with E-state index in [1.807, 2.05) is 6.20 Å². The number of imidazole rings is 1. The zero-order chi connectivity index (χ0) is 11.8. The molecule has 0 spiro atoms. The van der Waals surface area contributed by atoms with E-state index in [2.05, 4.69) is 47.7 Å². The van der Waals surface area contributed by atoms with Crippen LogP contribution in [0.5, 0.6) is 0 Å². The van der Waals surface area contributed by atoms with E-state index in [0.29, 0.717) is 6.04 Å². The molecule has 0 bridgehead atoms. The van der Waals surface area contributed by atoms with Crippen LogP contribution >= 0.6 is 0 Å². The molecule has 1 atom stereocenters. The van der Waals surface area contributed by atoms with E-state index >= 15 is 0 Å². The van der Waals surface area contributed by atoms with Crippen molar-refractivity contribution in [2.75, 3.05) is 0 Å². The highest BCUT2D eigenvalue weighted by Crippen LogP contribution is 2.30. The van der Waals surface area contributed by atoms with Crippen LogP contribution in [0.4, 0.5) is 0 Å². The molecule has 0 saturated carbocycles. The van der Waals surface area contributed by atoms with Gasteiger partial charge in [0.25, 0.3) is 0 Å². The monoisotopic (exact) mass is 226 g/mol. The third-order valence-electron chi connectivity index (χ3n) is 3.68. The summed E-state index contributed by atoms with van der Waals surface area (Å²) in [5.74, 6) is 1.13. The second kappa shape index (κ2) is 4.02. The van der Waals surface area contributed by atoms with Crippen LogP contribution < -0.4 is 0 Å². The van der Waals surface area contributed by atoms with Crippen molar-refractivity contribution >= 4 is 0 Å². The highest BCUT2D eigenvalue weighted by atomic mass is 15.1. The maximum atomic E-state index is 4.61. The molecule has 1 aromatic carbocycles. The van der Waals surface area contributed by atoms with Gasteiger partial charge in [0.1, 0.15) is 5.82 Å². The normalized spacial score (nSPS) is 19.1. The Labute approximate surface area is 102 Å². The van der Waals surface area contributed by atoms with Crippen LogP contribution in [0.1, 0.15) is 37.1 Å². The predicted octanol–water partition coefficient (Wildman–Crippen LogP) is 3.76. The van der Waals surface area contributed by atoms with E-state index in [1.165, 1.54) is 36.1 Å². The number of fused-ring (bicyclic) bond motifs is 1. The fourth-order valence-corrected chi connectivity index (χ4v) is 2.70. The molecular formula is C15H18N2. The third-order valence-corrected chi connectivity index (χ3v) is 3.68. The minimum absolute atomic E-state index is 0.581. The topological polar surface area (TPSA) is 17.8 Å². The molecular weight excluding hydrogens is 208 g/mol. The summed E-state index contributed by atoms with van der Waals surface area (Å²) in [6, 6.07) is 9.24. The van der Waals surface area contributed by atoms with Crippen LogP contribution in [0.3, 0.4) is 0 Å². The summed E-state index contributed by atoms with van der Waals surface area (Å²) < 4.78 is 2.41. The maximum absolute atomic E-state index is 4.61. The van der Waals surface area contributed by atoms with Crippen LogP contribution in [-0.2, 0) is 6.42 Å². The molecule has 2 nitrogen and oxygen atoms in total. The molecule has 0 fully saturated rings. The van der Waals surface area contributed by atoms with Gasteiger partial charge in [-0.3, -0.25) is 0 Å². The Morgan fingerprint density at radius 2 is 2.00 bits per heavy atom.